The van der Waals surface area contributed by atoms with Crippen LogP contribution < -0.4 is 5.32 Å². The molecule has 1 aromatic rings. The van der Waals surface area contributed by atoms with E-state index in [2.05, 4.69) is 31.0 Å². The first-order chi connectivity index (χ1) is 9.16. The van der Waals surface area contributed by atoms with Gasteiger partial charge >= 0.3 is 12.1 Å². The van der Waals surface area contributed by atoms with Crippen LogP contribution in [0.3, 0.4) is 0 Å². The lowest BCUT2D eigenvalue weighted by atomic mass is 10.0. The number of esters is 1. The van der Waals surface area contributed by atoms with Crippen LogP contribution in [0.1, 0.15) is 19.4 Å². The van der Waals surface area contributed by atoms with Crippen molar-refractivity contribution in [3.8, 4) is 0 Å². The van der Waals surface area contributed by atoms with Gasteiger partial charge in [-0.15, -0.1) is 0 Å². The highest BCUT2D eigenvalue weighted by Gasteiger charge is 2.36. The zero-order valence-corrected chi connectivity index (χ0v) is 12.7. The van der Waals surface area contributed by atoms with Crippen LogP contribution >= 0.6 is 15.9 Å². The SMILES string of the molecule is COC(=O)C(Nc1ncc(Br)cc1C(F)(F)F)C(C)C. The molecule has 0 aliphatic heterocycles. The third-order valence-corrected chi connectivity index (χ3v) is 3.01. The number of carbonyl (C=O) groups is 1. The first-order valence-corrected chi connectivity index (χ1v) is 6.53. The Balaban J connectivity index is 3.16. The van der Waals surface area contributed by atoms with E-state index in [1.54, 1.807) is 13.8 Å². The predicted octanol–water partition coefficient (Wildman–Crippen LogP) is 3.47. The number of nitrogens with zero attached hydrogens (tertiary/aromatic N) is 1. The van der Waals surface area contributed by atoms with Crippen molar-refractivity contribution in [3.63, 3.8) is 0 Å². The fourth-order valence-electron chi connectivity index (χ4n) is 1.54. The molecule has 1 aromatic heterocycles. The Hall–Kier alpha value is -1.31. The molecule has 0 saturated heterocycles. The highest BCUT2D eigenvalue weighted by Crippen LogP contribution is 2.35. The van der Waals surface area contributed by atoms with Crippen LogP contribution in [0.25, 0.3) is 0 Å². The van der Waals surface area contributed by atoms with E-state index in [1.807, 2.05) is 0 Å². The van der Waals surface area contributed by atoms with Gasteiger partial charge in [-0.2, -0.15) is 13.2 Å². The maximum atomic E-state index is 12.9. The van der Waals surface area contributed by atoms with Crippen molar-refractivity contribution in [1.82, 2.24) is 4.98 Å². The number of pyridine rings is 1. The van der Waals surface area contributed by atoms with Gasteiger partial charge in [0.05, 0.1) is 12.7 Å². The van der Waals surface area contributed by atoms with Gasteiger partial charge < -0.3 is 10.1 Å². The van der Waals surface area contributed by atoms with Gasteiger partial charge in [0, 0.05) is 10.7 Å². The van der Waals surface area contributed by atoms with Gasteiger partial charge in [0.2, 0.25) is 0 Å². The van der Waals surface area contributed by atoms with Gasteiger partial charge in [0.15, 0.2) is 0 Å². The van der Waals surface area contributed by atoms with Crippen molar-refractivity contribution in [2.75, 3.05) is 12.4 Å². The molecule has 0 aliphatic rings. The first kappa shape index (κ1) is 16.7. The highest BCUT2D eigenvalue weighted by atomic mass is 79.9. The van der Waals surface area contributed by atoms with Crippen molar-refractivity contribution in [1.29, 1.82) is 0 Å². The summed E-state index contributed by atoms with van der Waals surface area (Å²) in [6.45, 7) is 3.39. The van der Waals surface area contributed by atoms with E-state index in [1.165, 1.54) is 13.3 Å². The zero-order valence-electron chi connectivity index (χ0n) is 11.1. The smallest absolute Gasteiger partial charge is 0.419 e. The minimum atomic E-state index is -4.57. The topological polar surface area (TPSA) is 51.2 Å². The highest BCUT2D eigenvalue weighted by molar-refractivity contribution is 9.10. The number of carbonyl (C=O) groups excluding carboxylic acids is 1. The molecular weight excluding hydrogens is 341 g/mol. The van der Waals surface area contributed by atoms with Gasteiger partial charge in [-0.3, -0.25) is 0 Å². The van der Waals surface area contributed by atoms with Gasteiger partial charge in [-0.25, -0.2) is 9.78 Å². The maximum absolute atomic E-state index is 12.9. The third kappa shape index (κ3) is 4.09. The quantitative estimate of drug-likeness (QED) is 0.841. The number of anilines is 1. The number of alkyl halides is 3. The molecule has 1 N–H and O–H groups in total. The fourth-order valence-corrected chi connectivity index (χ4v) is 1.87. The lowest BCUT2D eigenvalue weighted by Crippen LogP contribution is -2.36. The van der Waals surface area contributed by atoms with Crippen molar-refractivity contribution in [2.45, 2.75) is 26.1 Å². The van der Waals surface area contributed by atoms with Crippen LogP contribution in [0, 0.1) is 5.92 Å². The third-order valence-electron chi connectivity index (χ3n) is 2.57. The summed E-state index contributed by atoms with van der Waals surface area (Å²) in [5.41, 5.74) is -0.943. The Kier molecular flexibility index (Phi) is 5.38. The van der Waals surface area contributed by atoms with Crippen molar-refractivity contribution >= 4 is 27.7 Å². The molecular formula is C12H14BrF3N2O2. The minimum absolute atomic E-state index is 0.203. The zero-order chi connectivity index (χ0) is 15.5. The molecule has 112 valence electrons. The van der Waals surface area contributed by atoms with Crippen LogP contribution in [0.5, 0.6) is 0 Å². The van der Waals surface area contributed by atoms with Crippen LogP contribution in [0.4, 0.5) is 19.0 Å². The Morgan fingerprint density at radius 3 is 2.50 bits per heavy atom. The molecule has 8 heteroatoms. The van der Waals surface area contributed by atoms with Crippen LogP contribution in [0.2, 0.25) is 0 Å². The number of hydrogen-bond acceptors (Lipinski definition) is 4. The minimum Gasteiger partial charge on any atom is -0.467 e. The van der Waals surface area contributed by atoms with E-state index in [0.717, 1.165) is 6.07 Å². The summed E-state index contributed by atoms with van der Waals surface area (Å²) >= 11 is 2.94. The number of halogens is 4. The number of hydrogen-bond donors (Lipinski definition) is 1. The molecule has 1 heterocycles. The molecule has 0 spiro atoms. The van der Waals surface area contributed by atoms with Crippen LogP contribution in [0.15, 0.2) is 16.7 Å². The lowest BCUT2D eigenvalue weighted by Gasteiger charge is -2.22. The van der Waals surface area contributed by atoms with Gasteiger partial charge in [0.25, 0.3) is 0 Å². The lowest BCUT2D eigenvalue weighted by molar-refractivity contribution is -0.143. The van der Waals surface area contributed by atoms with Gasteiger partial charge in [0.1, 0.15) is 11.9 Å². The molecule has 0 radical (unpaired) electrons. The average Bonchev–Trinajstić information content (AvgIpc) is 2.34. The predicted molar refractivity (Wildman–Crippen MR) is 71.2 cm³/mol. The summed E-state index contributed by atoms with van der Waals surface area (Å²) in [5.74, 6) is -1.29. The maximum Gasteiger partial charge on any atom is 0.419 e. The Morgan fingerprint density at radius 2 is 2.05 bits per heavy atom. The van der Waals surface area contributed by atoms with Gasteiger partial charge in [-0.05, 0) is 27.9 Å². The van der Waals surface area contributed by atoms with Crippen molar-refractivity contribution < 1.29 is 22.7 Å². The van der Waals surface area contributed by atoms with E-state index in [-0.39, 0.29) is 10.4 Å². The molecule has 1 rings (SSSR count). The molecule has 1 unspecified atom stereocenters. The van der Waals surface area contributed by atoms with Gasteiger partial charge in [-0.1, -0.05) is 13.8 Å². The fraction of sp³-hybridized carbons (Fsp3) is 0.500. The summed E-state index contributed by atoms with van der Waals surface area (Å²) in [6, 6.07) is -0.000870. The largest absolute Gasteiger partial charge is 0.467 e. The Labute approximate surface area is 122 Å². The Bertz CT molecular complexity index is 492. The monoisotopic (exact) mass is 354 g/mol. The Morgan fingerprint density at radius 1 is 1.45 bits per heavy atom. The molecule has 20 heavy (non-hydrogen) atoms. The molecule has 0 amide bonds. The molecule has 0 aliphatic carbocycles. The summed E-state index contributed by atoms with van der Waals surface area (Å²) in [6.07, 6.45) is -3.34. The van der Waals surface area contributed by atoms with E-state index >= 15 is 0 Å². The molecule has 0 bridgehead atoms. The van der Waals surface area contributed by atoms with E-state index in [4.69, 9.17) is 0 Å². The van der Waals surface area contributed by atoms with Crippen LogP contribution in [-0.2, 0) is 15.7 Å². The standard InChI is InChI=1S/C12H14BrF3N2O2/c1-6(2)9(11(19)20-3)18-10-8(12(14,15)16)4-7(13)5-17-10/h4-6,9H,1-3H3,(H,17,18). The molecule has 1 atom stereocenters. The number of aromatic nitrogens is 1. The number of methoxy groups -OCH3 is 1. The average molecular weight is 355 g/mol. The molecule has 0 saturated carbocycles. The summed E-state index contributed by atoms with van der Waals surface area (Å²) in [5, 5.41) is 2.51. The second-order valence-electron chi connectivity index (χ2n) is 4.44. The van der Waals surface area contributed by atoms with E-state index in [9.17, 15) is 18.0 Å². The summed E-state index contributed by atoms with van der Waals surface area (Å²) in [4.78, 5) is 15.3. The number of ether oxygens (including phenoxy) is 1. The normalized spacial score (nSPS) is 13.2. The number of rotatable bonds is 4. The second kappa shape index (κ2) is 6.43. The molecule has 4 nitrogen and oxygen atoms in total. The summed E-state index contributed by atoms with van der Waals surface area (Å²) < 4.78 is 43.6. The first-order valence-electron chi connectivity index (χ1n) is 5.74. The van der Waals surface area contributed by atoms with E-state index in [0.29, 0.717) is 0 Å². The number of nitrogens with one attached hydrogen (secondary N) is 1. The summed E-state index contributed by atoms with van der Waals surface area (Å²) in [7, 11) is 1.18. The molecule has 0 fully saturated rings. The second-order valence-corrected chi connectivity index (χ2v) is 5.35. The molecule has 0 aromatic carbocycles. The van der Waals surface area contributed by atoms with Crippen molar-refractivity contribution in [2.24, 2.45) is 5.92 Å². The van der Waals surface area contributed by atoms with E-state index < -0.39 is 29.6 Å². The van der Waals surface area contributed by atoms with Crippen molar-refractivity contribution in [3.05, 3.63) is 22.3 Å². The van der Waals surface area contributed by atoms with Crippen LogP contribution in [-0.4, -0.2) is 24.1 Å².